The van der Waals surface area contributed by atoms with Crippen molar-refractivity contribution in [2.45, 2.75) is 19.4 Å². The van der Waals surface area contributed by atoms with Crippen LogP contribution in [0.25, 0.3) is 0 Å². The number of aromatic nitrogens is 1. The van der Waals surface area contributed by atoms with E-state index in [1.807, 2.05) is 30.5 Å². The summed E-state index contributed by atoms with van der Waals surface area (Å²) < 4.78 is 0. The maximum atomic E-state index is 11.3. The van der Waals surface area contributed by atoms with Crippen molar-refractivity contribution in [1.29, 1.82) is 0 Å². The zero-order chi connectivity index (χ0) is 12.4. The number of hydrogen-bond acceptors (Lipinski definition) is 2. The van der Waals surface area contributed by atoms with E-state index in [0.29, 0.717) is 6.42 Å². The normalized spacial score (nSPS) is 13.9. The van der Waals surface area contributed by atoms with Gasteiger partial charge in [0.05, 0.1) is 6.54 Å². The van der Waals surface area contributed by atoms with Crippen LogP contribution in [-0.4, -0.2) is 10.9 Å². The van der Waals surface area contributed by atoms with Crippen molar-refractivity contribution in [1.82, 2.24) is 4.98 Å². The van der Waals surface area contributed by atoms with Gasteiger partial charge >= 0.3 is 0 Å². The van der Waals surface area contributed by atoms with E-state index in [2.05, 4.69) is 21.7 Å². The summed E-state index contributed by atoms with van der Waals surface area (Å²) in [5.41, 5.74) is 4.38. The van der Waals surface area contributed by atoms with E-state index >= 15 is 0 Å². The molecule has 4 nitrogen and oxygen atoms in total. The molecule has 92 valence electrons. The van der Waals surface area contributed by atoms with Gasteiger partial charge in [-0.15, -0.1) is 0 Å². The van der Waals surface area contributed by atoms with Gasteiger partial charge in [-0.25, -0.2) is 0 Å². The summed E-state index contributed by atoms with van der Waals surface area (Å²) in [5.74, 6) is 0.106. The molecule has 0 fully saturated rings. The van der Waals surface area contributed by atoms with Crippen molar-refractivity contribution < 1.29 is 4.79 Å². The molecule has 0 atom stereocenters. The Hall–Kier alpha value is -2.23. The molecule has 1 aliphatic rings. The number of aryl methyl sites for hydroxylation is 1. The third-order valence-corrected chi connectivity index (χ3v) is 3.15. The monoisotopic (exact) mass is 241 g/mol. The molecule has 0 saturated heterocycles. The second kappa shape index (κ2) is 4.56. The number of anilines is 2. The van der Waals surface area contributed by atoms with Gasteiger partial charge in [0.15, 0.2) is 0 Å². The third kappa shape index (κ3) is 2.22. The van der Waals surface area contributed by atoms with Crippen LogP contribution in [0.2, 0.25) is 0 Å². The van der Waals surface area contributed by atoms with Crippen molar-refractivity contribution in [2.24, 2.45) is 0 Å². The Morgan fingerprint density at radius 3 is 3.00 bits per heavy atom. The number of H-pyrrole nitrogens is 1. The molecule has 0 spiro atoms. The van der Waals surface area contributed by atoms with Crippen LogP contribution in [0.3, 0.4) is 0 Å². The van der Waals surface area contributed by atoms with Crippen LogP contribution >= 0.6 is 0 Å². The first-order chi connectivity index (χ1) is 8.81. The summed E-state index contributed by atoms with van der Waals surface area (Å²) in [7, 11) is 0. The van der Waals surface area contributed by atoms with Crippen LogP contribution in [0.5, 0.6) is 0 Å². The third-order valence-electron chi connectivity index (χ3n) is 3.15. The van der Waals surface area contributed by atoms with Crippen LogP contribution in [0.4, 0.5) is 11.4 Å². The molecule has 0 unspecified atom stereocenters. The topological polar surface area (TPSA) is 56.9 Å². The zero-order valence-electron chi connectivity index (χ0n) is 9.99. The van der Waals surface area contributed by atoms with Crippen LogP contribution in [0.1, 0.15) is 17.7 Å². The van der Waals surface area contributed by atoms with Crippen molar-refractivity contribution in [3.8, 4) is 0 Å². The quantitative estimate of drug-likeness (QED) is 0.773. The van der Waals surface area contributed by atoms with Gasteiger partial charge < -0.3 is 15.6 Å². The number of nitrogens with one attached hydrogen (secondary N) is 3. The van der Waals surface area contributed by atoms with Crippen LogP contribution < -0.4 is 10.6 Å². The van der Waals surface area contributed by atoms with E-state index in [1.54, 1.807) is 0 Å². The van der Waals surface area contributed by atoms with Crippen molar-refractivity contribution in [3.63, 3.8) is 0 Å². The summed E-state index contributed by atoms with van der Waals surface area (Å²) in [5, 5.41) is 6.25. The molecule has 18 heavy (non-hydrogen) atoms. The molecule has 0 bridgehead atoms. The molecule has 3 rings (SSSR count). The highest BCUT2D eigenvalue weighted by molar-refractivity contribution is 5.94. The van der Waals surface area contributed by atoms with Crippen LogP contribution in [0.15, 0.2) is 36.5 Å². The molecule has 3 N–H and O–H groups in total. The second-order valence-corrected chi connectivity index (χ2v) is 4.47. The number of fused-ring (bicyclic) bond motifs is 1. The molecular weight excluding hydrogens is 226 g/mol. The summed E-state index contributed by atoms with van der Waals surface area (Å²) >= 11 is 0. The summed E-state index contributed by atoms with van der Waals surface area (Å²) in [6.45, 7) is 0.776. The Bertz CT molecular complexity index is 560. The van der Waals surface area contributed by atoms with E-state index in [0.717, 1.165) is 30.0 Å². The van der Waals surface area contributed by atoms with Gasteiger partial charge in [-0.1, -0.05) is 0 Å². The lowest BCUT2D eigenvalue weighted by Gasteiger charge is -2.18. The summed E-state index contributed by atoms with van der Waals surface area (Å²) in [6.07, 6.45) is 3.31. The largest absolute Gasteiger partial charge is 0.379 e. The standard InChI is InChI=1S/C14H15N3O/c18-14-6-3-10-8-11(4-5-13(10)17-14)16-9-12-2-1-7-15-12/h1-2,4-5,7-8,15-16H,3,6,9H2,(H,17,18). The van der Waals surface area contributed by atoms with Gasteiger partial charge in [-0.05, 0) is 42.3 Å². The van der Waals surface area contributed by atoms with Crippen molar-refractivity contribution >= 4 is 17.3 Å². The van der Waals surface area contributed by atoms with Gasteiger partial charge in [0, 0.05) is 29.7 Å². The first kappa shape index (κ1) is 10.9. The minimum absolute atomic E-state index is 0.106. The molecule has 2 heterocycles. The number of rotatable bonds is 3. The average Bonchev–Trinajstić information content (AvgIpc) is 2.89. The smallest absolute Gasteiger partial charge is 0.224 e. The lowest BCUT2D eigenvalue weighted by atomic mass is 10.0. The Kier molecular flexibility index (Phi) is 2.76. The van der Waals surface area contributed by atoms with Gasteiger partial charge in [-0.3, -0.25) is 4.79 Å². The van der Waals surface area contributed by atoms with Gasteiger partial charge in [0.1, 0.15) is 0 Å². The number of benzene rings is 1. The van der Waals surface area contributed by atoms with E-state index in [4.69, 9.17) is 0 Å². The molecule has 1 aromatic carbocycles. The van der Waals surface area contributed by atoms with E-state index in [-0.39, 0.29) is 5.91 Å². The summed E-state index contributed by atoms with van der Waals surface area (Å²) in [6, 6.07) is 10.1. The molecule has 0 saturated carbocycles. The Morgan fingerprint density at radius 2 is 2.17 bits per heavy atom. The molecule has 0 aliphatic carbocycles. The van der Waals surface area contributed by atoms with Crippen LogP contribution in [-0.2, 0) is 17.8 Å². The first-order valence-corrected chi connectivity index (χ1v) is 6.10. The fourth-order valence-electron chi connectivity index (χ4n) is 2.17. The number of aromatic amines is 1. The minimum atomic E-state index is 0.106. The molecule has 0 radical (unpaired) electrons. The molecule has 1 aromatic heterocycles. The number of carbonyl (C=O) groups excluding carboxylic acids is 1. The fourth-order valence-corrected chi connectivity index (χ4v) is 2.17. The highest BCUT2D eigenvalue weighted by Crippen LogP contribution is 2.25. The molecule has 4 heteroatoms. The van der Waals surface area contributed by atoms with Gasteiger partial charge in [0.25, 0.3) is 0 Å². The molecule has 1 amide bonds. The van der Waals surface area contributed by atoms with Gasteiger partial charge in [0.2, 0.25) is 5.91 Å². The first-order valence-electron chi connectivity index (χ1n) is 6.10. The zero-order valence-corrected chi connectivity index (χ0v) is 9.99. The number of carbonyl (C=O) groups is 1. The average molecular weight is 241 g/mol. The maximum absolute atomic E-state index is 11.3. The van der Waals surface area contributed by atoms with Crippen molar-refractivity contribution in [2.75, 3.05) is 10.6 Å². The molecule has 1 aliphatic heterocycles. The highest BCUT2D eigenvalue weighted by atomic mass is 16.1. The lowest BCUT2D eigenvalue weighted by Crippen LogP contribution is -2.18. The maximum Gasteiger partial charge on any atom is 0.224 e. The summed E-state index contributed by atoms with van der Waals surface area (Å²) in [4.78, 5) is 14.4. The van der Waals surface area contributed by atoms with E-state index < -0.39 is 0 Å². The number of hydrogen-bond donors (Lipinski definition) is 3. The Morgan fingerprint density at radius 1 is 1.22 bits per heavy atom. The van der Waals surface area contributed by atoms with Crippen LogP contribution in [0, 0.1) is 0 Å². The highest BCUT2D eigenvalue weighted by Gasteiger charge is 2.14. The van der Waals surface area contributed by atoms with Crippen molar-refractivity contribution in [3.05, 3.63) is 47.8 Å². The predicted molar refractivity (Wildman–Crippen MR) is 71.5 cm³/mol. The molecular formula is C14H15N3O. The van der Waals surface area contributed by atoms with E-state index in [9.17, 15) is 4.79 Å². The van der Waals surface area contributed by atoms with E-state index in [1.165, 1.54) is 5.56 Å². The Balaban J connectivity index is 1.72. The minimum Gasteiger partial charge on any atom is -0.379 e. The fraction of sp³-hybridized carbons (Fsp3) is 0.214. The Labute approximate surface area is 105 Å². The molecule has 2 aromatic rings. The van der Waals surface area contributed by atoms with Gasteiger partial charge in [-0.2, -0.15) is 0 Å². The SMILES string of the molecule is O=C1CCc2cc(NCc3ccc[nH]3)ccc2N1. The predicted octanol–water partition coefficient (Wildman–Crippen LogP) is 2.51. The number of amides is 1. The second-order valence-electron chi connectivity index (χ2n) is 4.47. The lowest BCUT2D eigenvalue weighted by molar-refractivity contribution is -0.116.